The van der Waals surface area contributed by atoms with Crippen molar-refractivity contribution < 1.29 is 4.79 Å². The molecule has 130 valence electrons. The van der Waals surface area contributed by atoms with E-state index >= 15 is 0 Å². The number of aryl methyl sites for hydroxylation is 1. The first-order valence-corrected chi connectivity index (χ1v) is 8.90. The molecule has 0 radical (unpaired) electrons. The van der Waals surface area contributed by atoms with Crippen LogP contribution < -0.4 is 10.9 Å². The SMILES string of the molecule is Cc1cccc(C(C)C)c1NC(=O)CSc1nc2[nH]ncc2c(=O)[nH]1. The van der Waals surface area contributed by atoms with Gasteiger partial charge >= 0.3 is 0 Å². The van der Waals surface area contributed by atoms with Crippen molar-refractivity contribution in [1.82, 2.24) is 20.2 Å². The van der Waals surface area contributed by atoms with Crippen molar-refractivity contribution in [3.63, 3.8) is 0 Å². The van der Waals surface area contributed by atoms with E-state index in [1.807, 2.05) is 25.1 Å². The van der Waals surface area contributed by atoms with Gasteiger partial charge < -0.3 is 10.3 Å². The lowest BCUT2D eigenvalue weighted by atomic mass is 9.98. The van der Waals surface area contributed by atoms with E-state index in [4.69, 9.17) is 0 Å². The number of carbonyl (C=O) groups excluding carboxylic acids is 1. The van der Waals surface area contributed by atoms with Gasteiger partial charge in [-0.3, -0.25) is 14.7 Å². The molecule has 8 heteroatoms. The molecule has 0 aliphatic carbocycles. The zero-order valence-electron chi connectivity index (χ0n) is 14.2. The van der Waals surface area contributed by atoms with Crippen LogP contribution in [0.1, 0.15) is 30.9 Å². The number of nitrogens with zero attached hydrogens (tertiary/aromatic N) is 2. The fourth-order valence-corrected chi connectivity index (χ4v) is 3.21. The van der Waals surface area contributed by atoms with E-state index in [1.54, 1.807) is 0 Å². The van der Waals surface area contributed by atoms with E-state index in [2.05, 4.69) is 39.3 Å². The minimum Gasteiger partial charge on any atom is -0.325 e. The molecule has 0 unspecified atom stereocenters. The highest BCUT2D eigenvalue weighted by molar-refractivity contribution is 7.99. The molecule has 0 atom stereocenters. The number of fused-ring (bicyclic) bond motifs is 1. The van der Waals surface area contributed by atoms with Gasteiger partial charge in [0, 0.05) is 5.69 Å². The molecule has 1 amide bonds. The maximum atomic E-state index is 12.3. The number of para-hydroxylation sites is 1. The molecule has 3 rings (SSSR count). The summed E-state index contributed by atoms with van der Waals surface area (Å²) in [6.45, 7) is 6.15. The lowest BCUT2D eigenvalue weighted by molar-refractivity contribution is -0.113. The van der Waals surface area contributed by atoms with Crippen molar-refractivity contribution in [3.8, 4) is 0 Å². The maximum Gasteiger partial charge on any atom is 0.262 e. The van der Waals surface area contributed by atoms with Crippen LogP contribution in [-0.4, -0.2) is 31.8 Å². The van der Waals surface area contributed by atoms with Gasteiger partial charge in [-0.2, -0.15) is 5.10 Å². The fraction of sp³-hybridized carbons (Fsp3) is 0.294. The van der Waals surface area contributed by atoms with Crippen molar-refractivity contribution in [2.45, 2.75) is 31.8 Å². The van der Waals surface area contributed by atoms with Crippen LogP contribution in [0.15, 0.2) is 34.3 Å². The van der Waals surface area contributed by atoms with Crippen LogP contribution in [-0.2, 0) is 4.79 Å². The Morgan fingerprint density at radius 3 is 2.92 bits per heavy atom. The van der Waals surface area contributed by atoms with E-state index in [0.717, 1.165) is 16.8 Å². The monoisotopic (exact) mass is 357 g/mol. The second-order valence-electron chi connectivity index (χ2n) is 6.03. The molecule has 7 nitrogen and oxygen atoms in total. The zero-order valence-corrected chi connectivity index (χ0v) is 15.0. The third kappa shape index (κ3) is 3.74. The highest BCUT2D eigenvalue weighted by Crippen LogP contribution is 2.27. The predicted octanol–water partition coefficient (Wildman–Crippen LogP) is 2.81. The first kappa shape index (κ1) is 17.2. The largest absolute Gasteiger partial charge is 0.325 e. The lowest BCUT2D eigenvalue weighted by Gasteiger charge is -2.16. The smallest absolute Gasteiger partial charge is 0.262 e. The Balaban J connectivity index is 1.72. The number of H-pyrrole nitrogens is 2. The first-order chi connectivity index (χ1) is 12.0. The molecule has 2 aromatic heterocycles. The van der Waals surface area contributed by atoms with Crippen LogP contribution in [0, 0.1) is 6.92 Å². The summed E-state index contributed by atoms with van der Waals surface area (Å²) in [5.41, 5.74) is 3.11. The molecular formula is C17H19N5O2S. The molecule has 0 bridgehead atoms. The van der Waals surface area contributed by atoms with E-state index in [-0.39, 0.29) is 17.2 Å². The second-order valence-corrected chi connectivity index (χ2v) is 7.00. The minimum absolute atomic E-state index is 0.145. The molecule has 0 spiro atoms. The van der Waals surface area contributed by atoms with Crippen molar-refractivity contribution in [1.29, 1.82) is 0 Å². The number of nitrogens with one attached hydrogen (secondary N) is 3. The molecule has 1 aromatic carbocycles. The summed E-state index contributed by atoms with van der Waals surface area (Å²) in [7, 11) is 0. The number of thioether (sulfide) groups is 1. The summed E-state index contributed by atoms with van der Waals surface area (Å²) in [6.07, 6.45) is 1.42. The number of anilines is 1. The van der Waals surface area contributed by atoms with Gasteiger partial charge in [0.25, 0.3) is 5.56 Å². The van der Waals surface area contributed by atoms with Gasteiger partial charge in [-0.15, -0.1) is 0 Å². The van der Waals surface area contributed by atoms with Crippen molar-refractivity contribution in [3.05, 3.63) is 45.9 Å². The molecule has 0 saturated heterocycles. The van der Waals surface area contributed by atoms with Crippen LogP contribution >= 0.6 is 11.8 Å². The van der Waals surface area contributed by atoms with E-state index < -0.39 is 0 Å². The second kappa shape index (κ2) is 7.10. The molecule has 0 fully saturated rings. The van der Waals surface area contributed by atoms with Crippen LogP contribution in [0.5, 0.6) is 0 Å². The van der Waals surface area contributed by atoms with Gasteiger partial charge in [0.1, 0.15) is 5.39 Å². The third-order valence-electron chi connectivity index (χ3n) is 3.83. The molecule has 0 saturated carbocycles. The zero-order chi connectivity index (χ0) is 18.0. The summed E-state index contributed by atoms with van der Waals surface area (Å²) in [5.74, 6) is 0.311. The third-order valence-corrected chi connectivity index (χ3v) is 4.70. The van der Waals surface area contributed by atoms with Gasteiger partial charge in [-0.1, -0.05) is 43.8 Å². The molecule has 0 aliphatic heterocycles. The van der Waals surface area contributed by atoms with Crippen LogP contribution in [0.3, 0.4) is 0 Å². The standard InChI is InChI=1S/C17H19N5O2S/c1-9(2)11-6-4-5-10(3)14(11)19-13(23)8-25-17-20-15-12(7-18-22-15)16(24)21-17/h4-7,9H,8H2,1-3H3,(H,19,23)(H2,18,20,21,22,24). The maximum absolute atomic E-state index is 12.3. The molecule has 3 aromatic rings. The summed E-state index contributed by atoms with van der Waals surface area (Å²) in [4.78, 5) is 31.1. The number of hydrogen-bond donors (Lipinski definition) is 3. The van der Waals surface area contributed by atoms with Crippen LogP contribution in [0.25, 0.3) is 11.0 Å². The Morgan fingerprint density at radius 1 is 1.36 bits per heavy atom. The topological polar surface area (TPSA) is 104 Å². The number of aromatic amines is 2. The normalized spacial score (nSPS) is 11.2. The predicted molar refractivity (Wildman–Crippen MR) is 99.1 cm³/mol. The highest BCUT2D eigenvalue weighted by atomic mass is 32.2. The quantitative estimate of drug-likeness (QED) is 0.481. The lowest BCUT2D eigenvalue weighted by Crippen LogP contribution is -2.17. The Bertz CT molecular complexity index is 977. The Morgan fingerprint density at radius 2 is 2.16 bits per heavy atom. The van der Waals surface area contributed by atoms with Gasteiger partial charge in [0.15, 0.2) is 10.8 Å². The van der Waals surface area contributed by atoms with Crippen LogP contribution in [0.4, 0.5) is 5.69 Å². The Kier molecular flexibility index (Phi) is 4.89. The van der Waals surface area contributed by atoms with Crippen molar-refractivity contribution in [2.24, 2.45) is 0 Å². The molecule has 2 heterocycles. The van der Waals surface area contributed by atoms with Gasteiger partial charge in [0.2, 0.25) is 5.91 Å². The number of benzene rings is 1. The summed E-state index contributed by atoms with van der Waals surface area (Å²) < 4.78 is 0. The summed E-state index contributed by atoms with van der Waals surface area (Å²) in [5, 5.41) is 10.2. The highest BCUT2D eigenvalue weighted by Gasteiger charge is 2.13. The van der Waals surface area contributed by atoms with E-state index in [9.17, 15) is 9.59 Å². The van der Waals surface area contributed by atoms with Crippen molar-refractivity contribution >= 4 is 34.4 Å². The molecule has 0 aliphatic rings. The van der Waals surface area contributed by atoms with Gasteiger partial charge in [-0.05, 0) is 24.0 Å². The average Bonchev–Trinajstić information content (AvgIpc) is 3.03. The molecule has 25 heavy (non-hydrogen) atoms. The Hall–Kier alpha value is -2.61. The number of amides is 1. The fourth-order valence-electron chi connectivity index (χ4n) is 2.54. The number of carbonyl (C=O) groups is 1. The number of aromatic nitrogens is 4. The molecular weight excluding hydrogens is 338 g/mol. The van der Waals surface area contributed by atoms with Gasteiger partial charge in [-0.25, -0.2) is 4.98 Å². The first-order valence-electron chi connectivity index (χ1n) is 7.91. The van der Waals surface area contributed by atoms with E-state index in [1.165, 1.54) is 18.0 Å². The minimum atomic E-state index is -0.275. The van der Waals surface area contributed by atoms with Crippen LogP contribution in [0.2, 0.25) is 0 Å². The molecule has 3 N–H and O–H groups in total. The average molecular weight is 357 g/mol. The van der Waals surface area contributed by atoms with E-state index in [0.29, 0.717) is 22.1 Å². The van der Waals surface area contributed by atoms with Crippen molar-refractivity contribution in [2.75, 3.05) is 11.1 Å². The number of hydrogen-bond acceptors (Lipinski definition) is 5. The summed E-state index contributed by atoms with van der Waals surface area (Å²) in [6, 6.07) is 5.98. The number of rotatable bonds is 5. The summed E-state index contributed by atoms with van der Waals surface area (Å²) >= 11 is 1.17. The van der Waals surface area contributed by atoms with Gasteiger partial charge in [0.05, 0.1) is 11.9 Å². The Labute approximate surface area is 148 Å².